The molecule has 3 saturated carbocycles. The van der Waals surface area contributed by atoms with Crippen LogP contribution in [-0.2, 0) is 4.43 Å². The number of aliphatic hydroxyl groups is 2. The number of hydrogen-bond donors (Lipinski definition) is 2. The maximum atomic E-state index is 11.9. The van der Waals surface area contributed by atoms with Gasteiger partial charge in [-0.05, 0) is 111 Å². The lowest BCUT2D eigenvalue weighted by molar-refractivity contribution is 0.0230. The van der Waals surface area contributed by atoms with Crippen LogP contribution in [0.1, 0.15) is 119 Å². The third-order valence-corrected chi connectivity index (χ3v) is 18.7. The van der Waals surface area contributed by atoms with Gasteiger partial charge in [0.2, 0.25) is 0 Å². The average Bonchev–Trinajstić information content (AvgIpc) is 3.17. The summed E-state index contributed by atoms with van der Waals surface area (Å²) in [5.74, 6) is 2.40. The Bertz CT molecular complexity index is 947. The van der Waals surface area contributed by atoms with Crippen LogP contribution in [0.15, 0.2) is 23.3 Å². The molecule has 5 heteroatoms. The van der Waals surface area contributed by atoms with Gasteiger partial charge in [0.15, 0.2) is 8.32 Å². The molecule has 0 unspecified atom stereocenters. The molecule has 2 N–H and O–H groups in total. The lowest BCUT2D eigenvalue weighted by Gasteiger charge is -2.54. The molecular formula is C35H62O3SSi. The van der Waals surface area contributed by atoms with E-state index in [0.717, 1.165) is 44.5 Å². The fourth-order valence-electron chi connectivity index (χ4n) is 8.77. The van der Waals surface area contributed by atoms with Crippen molar-refractivity contribution >= 4 is 20.1 Å². The van der Waals surface area contributed by atoms with E-state index in [1.54, 1.807) is 11.1 Å². The topological polar surface area (TPSA) is 49.7 Å². The SMILES string of the molecule is CCC(O)(CC)CCCS[C@H](CO[Si](C)(C)C(C)(C)C)[C@H]1[C@H](O)C[C@H]2C3=CC=C4CCCC[C@]4(C)[C@H]3CC[C@]12C. The summed E-state index contributed by atoms with van der Waals surface area (Å²) in [5, 5.41) is 23.2. The lowest BCUT2D eigenvalue weighted by Crippen LogP contribution is -2.49. The Kier molecular flexibility index (Phi) is 9.96. The predicted molar refractivity (Wildman–Crippen MR) is 175 cm³/mol. The van der Waals surface area contributed by atoms with Gasteiger partial charge in [-0.25, -0.2) is 0 Å². The van der Waals surface area contributed by atoms with Gasteiger partial charge in [0.05, 0.1) is 11.7 Å². The fraction of sp³-hybridized carbons (Fsp3) is 0.886. The first-order valence-electron chi connectivity index (χ1n) is 16.7. The van der Waals surface area contributed by atoms with E-state index in [9.17, 15) is 10.2 Å². The summed E-state index contributed by atoms with van der Waals surface area (Å²) in [5.41, 5.74) is 3.27. The number of thioether (sulfide) groups is 1. The monoisotopic (exact) mass is 590 g/mol. The molecule has 0 aromatic carbocycles. The summed E-state index contributed by atoms with van der Waals surface area (Å²) in [4.78, 5) is 0. The second-order valence-electron chi connectivity index (χ2n) is 16.0. The zero-order valence-corrected chi connectivity index (χ0v) is 29.3. The first-order valence-corrected chi connectivity index (χ1v) is 20.6. The zero-order valence-electron chi connectivity index (χ0n) is 27.4. The van der Waals surface area contributed by atoms with E-state index >= 15 is 0 Å². The van der Waals surface area contributed by atoms with Crippen LogP contribution in [0.4, 0.5) is 0 Å². The first-order chi connectivity index (χ1) is 18.6. The highest BCUT2D eigenvalue weighted by Gasteiger charge is 2.60. The van der Waals surface area contributed by atoms with Crippen LogP contribution < -0.4 is 0 Å². The molecule has 0 amide bonds. The van der Waals surface area contributed by atoms with Crippen LogP contribution >= 0.6 is 11.8 Å². The Hall–Kier alpha value is -0.0731. The van der Waals surface area contributed by atoms with Gasteiger partial charge in [0.25, 0.3) is 0 Å². The third kappa shape index (κ3) is 6.12. The van der Waals surface area contributed by atoms with Crippen LogP contribution in [0.3, 0.4) is 0 Å². The van der Waals surface area contributed by atoms with Crippen LogP contribution in [0.2, 0.25) is 18.1 Å². The van der Waals surface area contributed by atoms with Gasteiger partial charge >= 0.3 is 0 Å². The summed E-state index contributed by atoms with van der Waals surface area (Å²) in [6, 6.07) is 0. The number of aliphatic hydroxyl groups excluding tert-OH is 1. The van der Waals surface area contributed by atoms with Gasteiger partial charge in [-0.15, -0.1) is 0 Å². The molecule has 0 aromatic rings. The van der Waals surface area contributed by atoms with E-state index in [-0.39, 0.29) is 27.7 Å². The van der Waals surface area contributed by atoms with E-state index in [1.807, 2.05) is 11.8 Å². The van der Waals surface area contributed by atoms with Crippen LogP contribution in [0.25, 0.3) is 0 Å². The summed E-state index contributed by atoms with van der Waals surface area (Å²) >= 11 is 2.03. The molecule has 0 heterocycles. The Morgan fingerprint density at radius 2 is 1.77 bits per heavy atom. The second kappa shape index (κ2) is 12.1. The fourth-order valence-corrected chi connectivity index (χ4v) is 11.4. The number of allylic oxidation sites excluding steroid dienone is 4. The molecule has 3 fully saturated rings. The Morgan fingerprint density at radius 1 is 1.07 bits per heavy atom. The second-order valence-corrected chi connectivity index (χ2v) is 22.1. The summed E-state index contributed by atoms with van der Waals surface area (Å²) in [7, 11) is -1.91. The third-order valence-electron chi connectivity index (χ3n) is 12.8. The van der Waals surface area contributed by atoms with E-state index < -0.39 is 13.9 Å². The predicted octanol–water partition coefficient (Wildman–Crippen LogP) is 9.30. The van der Waals surface area contributed by atoms with Crippen molar-refractivity contribution in [1.29, 1.82) is 0 Å². The molecule has 0 aliphatic heterocycles. The summed E-state index contributed by atoms with van der Waals surface area (Å²) in [6.45, 7) is 21.7. The van der Waals surface area contributed by atoms with Crippen molar-refractivity contribution in [1.82, 2.24) is 0 Å². The smallest absolute Gasteiger partial charge is 0.192 e. The minimum Gasteiger partial charge on any atom is -0.416 e. The summed E-state index contributed by atoms with van der Waals surface area (Å²) in [6.07, 6.45) is 16.9. The molecule has 0 aromatic heterocycles. The molecule has 0 radical (unpaired) electrons. The molecule has 0 saturated heterocycles. The van der Waals surface area contributed by atoms with Gasteiger partial charge in [-0.3, -0.25) is 0 Å². The molecule has 0 bridgehead atoms. The van der Waals surface area contributed by atoms with Crippen molar-refractivity contribution in [3.8, 4) is 0 Å². The molecule has 40 heavy (non-hydrogen) atoms. The van der Waals surface area contributed by atoms with Crippen molar-refractivity contribution in [3.63, 3.8) is 0 Å². The van der Waals surface area contributed by atoms with E-state index in [1.165, 1.54) is 38.5 Å². The minimum atomic E-state index is -1.91. The van der Waals surface area contributed by atoms with Gasteiger partial charge in [0.1, 0.15) is 0 Å². The quantitative estimate of drug-likeness (QED) is 0.186. The Labute approximate surface area is 252 Å². The normalized spacial score (nSPS) is 35.4. The Morgan fingerprint density at radius 3 is 2.42 bits per heavy atom. The maximum Gasteiger partial charge on any atom is 0.192 e. The zero-order chi connectivity index (χ0) is 29.6. The van der Waals surface area contributed by atoms with Crippen molar-refractivity contribution in [2.75, 3.05) is 12.4 Å². The van der Waals surface area contributed by atoms with Crippen molar-refractivity contribution in [2.24, 2.45) is 28.6 Å². The molecule has 0 spiro atoms. The highest BCUT2D eigenvalue weighted by molar-refractivity contribution is 7.99. The van der Waals surface area contributed by atoms with Gasteiger partial charge in [0, 0.05) is 17.8 Å². The number of fused-ring (bicyclic) bond motifs is 5. The van der Waals surface area contributed by atoms with Crippen LogP contribution in [0.5, 0.6) is 0 Å². The molecule has 230 valence electrons. The van der Waals surface area contributed by atoms with Crippen molar-refractivity contribution < 1.29 is 14.6 Å². The standard InChI is InChI=1S/C35H62O3SSi/c1-10-35(37,11-2)20-14-22-39-30(24-38-40(8,9)32(3,4)5)31-29(36)23-28-26-17-16-25-15-12-13-19-33(25,6)27(26)18-21-34(28,31)7/h16-17,27-31,36-37H,10-15,18-24H2,1-9H3/t27-,28-,29+,30+,31+,33-,34-/m0/s1. The van der Waals surface area contributed by atoms with E-state index in [4.69, 9.17) is 4.43 Å². The van der Waals surface area contributed by atoms with E-state index in [0.29, 0.717) is 17.3 Å². The largest absolute Gasteiger partial charge is 0.416 e. The van der Waals surface area contributed by atoms with Crippen LogP contribution in [-0.4, -0.2) is 47.8 Å². The van der Waals surface area contributed by atoms with E-state index in [2.05, 4.69) is 73.7 Å². The molecule has 3 nitrogen and oxygen atoms in total. The van der Waals surface area contributed by atoms with Gasteiger partial charge in [-0.1, -0.05) is 78.2 Å². The van der Waals surface area contributed by atoms with Gasteiger partial charge < -0.3 is 14.6 Å². The first kappa shape index (κ1) is 32.8. The molecule has 4 aliphatic carbocycles. The highest BCUT2D eigenvalue weighted by Crippen LogP contribution is 2.66. The van der Waals surface area contributed by atoms with Crippen molar-refractivity contribution in [3.05, 3.63) is 23.3 Å². The van der Waals surface area contributed by atoms with Crippen molar-refractivity contribution in [2.45, 2.75) is 154 Å². The number of hydrogen-bond acceptors (Lipinski definition) is 4. The summed E-state index contributed by atoms with van der Waals surface area (Å²) < 4.78 is 6.91. The van der Waals surface area contributed by atoms with Gasteiger partial charge in [-0.2, -0.15) is 11.8 Å². The maximum absolute atomic E-state index is 11.9. The lowest BCUT2D eigenvalue weighted by atomic mass is 9.50. The Balaban J connectivity index is 1.57. The highest BCUT2D eigenvalue weighted by atomic mass is 32.2. The minimum absolute atomic E-state index is 0.111. The molecule has 7 atom stereocenters. The van der Waals surface area contributed by atoms with Crippen LogP contribution in [0, 0.1) is 28.6 Å². The molecule has 4 rings (SSSR count). The molecule has 4 aliphatic rings. The number of rotatable bonds is 11. The molecular weight excluding hydrogens is 529 g/mol. The average molecular weight is 591 g/mol.